The molecule has 1 aliphatic heterocycles. The van der Waals surface area contributed by atoms with Crippen molar-refractivity contribution >= 4 is 16.0 Å². The summed E-state index contributed by atoms with van der Waals surface area (Å²) in [5.41, 5.74) is 0.744. The van der Waals surface area contributed by atoms with E-state index in [1.54, 1.807) is 36.4 Å². The van der Waals surface area contributed by atoms with Crippen molar-refractivity contribution in [1.29, 1.82) is 0 Å². The second-order valence-electron chi connectivity index (χ2n) is 8.55. The molecule has 0 saturated carbocycles. The monoisotopic (exact) mass is 533 g/mol. The predicted molar refractivity (Wildman–Crippen MR) is 136 cm³/mol. The Balaban J connectivity index is 1.81. The number of nitrogens with one attached hydrogen (secondary N) is 1. The third-order valence-electron chi connectivity index (χ3n) is 6.40. The van der Waals surface area contributed by atoms with E-state index in [9.17, 15) is 13.5 Å². The molecule has 1 aromatic carbocycles. The van der Waals surface area contributed by atoms with Gasteiger partial charge in [0.2, 0.25) is 21.9 Å². The van der Waals surface area contributed by atoms with Crippen molar-refractivity contribution in [3.63, 3.8) is 0 Å². The van der Waals surface area contributed by atoms with E-state index in [1.807, 2.05) is 0 Å². The van der Waals surface area contributed by atoms with E-state index in [-0.39, 0.29) is 17.7 Å². The summed E-state index contributed by atoms with van der Waals surface area (Å²) in [5.74, 6) is 1.03. The maximum Gasteiger partial charge on any atom is 0.243 e. The van der Waals surface area contributed by atoms with Gasteiger partial charge < -0.3 is 24.1 Å². The predicted octanol–water partition coefficient (Wildman–Crippen LogP) is 2.27. The van der Waals surface area contributed by atoms with Gasteiger partial charge in [0, 0.05) is 19.3 Å². The molecule has 2 N–H and O–H groups in total. The molecular weight excluding hydrogens is 502 g/mol. The molecule has 37 heavy (non-hydrogen) atoms. The molecule has 3 aromatic rings. The lowest BCUT2D eigenvalue weighted by molar-refractivity contribution is 0.00820. The molecule has 3 heterocycles. The van der Waals surface area contributed by atoms with Gasteiger partial charge >= 0.3 is 0 Å². The van der Waals surface area contributed by atoms with E-state index in [2.05, 4.69) is 19.9 Å². The molecule has 4 rings (SSSR count). The van der Waals surface area contributed by atoms with Crippen molar-refractivity contribution in [2.45, 2.75) is 31.1 Å². The zero-order valence-electron chi connectivity index (χ0n) is 21.1. The van der Waals surface area contributed by atoms with Gasteiger partial charge in [0.05, 0.1) is 27.4 Å². The Morgan fingerprint density at radius 3 is 2.30 bits per heavy atom. The first-order valence-electron chi connectivity index (χ1n) is 11.8. The third-order valence-corrected chi connectivity index (χ3v) is 8.13. The van der Waals surface area contributed by atoms with Crippen LogP contribution in [0.15, 0.2) is 36.4 Å². The van der Waals surface area contributed by atoms with Crippen LogP contribution in [0.4, 0.5) is 5.95 Å². The standard InChI is InChI=1S/C24H31N5O7S/c1-15(22(30)16-11-13-36-14-12-16)37(31,32)28-24-27-26-23(17-7-5-10-20(25-17)35-4)29(24)21-18(33-2)8-6-9-19(21)34-3/h5-10,15-16,22,30H,11-14H2,1-4H3,(H,27,28)/t15-,22?/m1/s1. The average Bonchev–Trinajstić information content (AvgIpc) is 3.34. The lowest BCUT2D eigenvalue weighted by Crippen LogP contribution is -2.42. The molecule has 0 bridgehead atoms. The molecule has 200 valence electrons. The number of pyridine rings is 1. The molecule has 2 aromatic heterocycles. The fourth-order valence-electron chi connectivity index (χ4n) is 4.28. The summed E-state index contributed by atoms with van der Waals surface area (Å²) >= 11 is 0. The quantitative estimate of drug-likeness (QED) is 0.398. The smallest absolute Gasteiger partial charge is 0.243 e. The number of aromatic nitrogens is 4. The van der Waals surface area contributed by atoms with E-state index in [4.69, 9.17) is 18.9 Å². The van der Waals surface area contributed by atoms with Crippen LogP contribution in [0.5, 0.6) is 17.4 Å². The SMILES string of the molecule is COc1cccc(-c2nnc(NS(=O)(=O)[C@H](C)C(O)C3CCOCC3)n2-c2c(OC)cccc2OC)n1. The van der Waals surface area contributed by atoms with Crippen molar-refractivity contribution in [3.05, 3.63) is 36.4 Å². The van der Waals surface area contributed by atoms with Gasteiger partial charge in [-0.25, -0.2) is 13.4 Å². The van der Waals surface area contributed by atoms with Gasteiger partial charge in [0.1, 0.15) is 28.1 Å². The maximum atomic E-state index is 13.4. The fraction of sp³-hybridized carbons (Fsp3) is 0.458. The van der Waals surface area contributed by atoms with Gasteiger partial charge in [-0.05, 0) is 43.9 Å². The zero-order valence-corrected chi connectivity index (χ0v) is 21.9. The van der Waals surface area contributed by atoms with Crippen molar-refractivity contribution in [2.75, 3.05) is 39.3 Å². The number of hydrogen-bond donors (Lipinski definition) is 2. The minimum absolute atomic E-state index is 0.117. The lowest BCUT2D eigenvalue weighted by atomic mass is 9.92. The highest BCUT2D eigenvalue weighted by Crippen LogP contribution is 2.38. The average molecular weight is 534 g/mol. The summed E-state index contributed by atoms with van der Waals surface area (Å²) in [4.78, 5) is 4.44. The van der Waals surface area contributed by atoms with Crippen LogP contribution >= 0.6 is 0 Å². The van der Waals surface area contributed by atoms with Crippen molar-refractivity contribution in [1.82, 2.24) is 19.7 Å². The first kappa shape index (κ1) is 26.6. The minimum Gasteiger partial charge on any atom is -0.494 e. The summed E-state index contributed by atoms with van der Waals surface area (Å²) in [6, 6.07) is 10.3. The summed E-state index contributed by atoms with van der Waals surface area (Å²) in [6.07, 6.45) is 0.0841. The number of ether oxygens (including phenoxy) is 4. The summed E-state index contributed by atoms with van der Waals surface area (Å²) in [6.45, 7) is 2.44. The highest BCUT2D eigenvalue weighted by atomic mass is 32.2. The second kappa shape index (κ2) is 11.3. The van der Waals surface area contributed by atoms with Crippen LogP contribution < -0.4 is 18.9 Å². The fourth-order valence-corrected chi connectivity index (χ4v) is 5.44. The Morgan fingerprint density at radius 2 is 1.68 bits per heavy atom. The van der Waals surface area contributed by atoms with E-state index in [0.29, 0.717) is 54.8 Å². The van der Waals surface area contributed by atoms with Crippen LogP contribution in [0.2, 0.25) is 0 Å². The van der Waals surface area contributed by atoms with Gasteiger partial charge in [-0.1, -0.05) is 12.1 Å². The van der Waals surface area contributed by atoms with Crippen molar-refractivity contribution in [3.8, 4) is 34.6 Å². The molecule has 1 unspecified atom stereocenters. The largest absolute Gasteiger partial charge is 0.494 e. The summed E-state index contributed by atoms with van der Waals surface area (Å²) in [5, 5.41) is 18.1. The van der Waals surface area contributed by atoms with Crippen LogP contribution in [0.3, 0.4) is 0 Å². The molecule has 12 nitrogen and oxygen atoms in total. The Kier molecular flexibility index (Phi) is 8.15. The van der Waals surface area contributed by atoms with Crippen LogP contribution in [0.25, 0.3) is 17.2 Å². The molecule has 13 heteroatoms. The van der Waals surface area contributed by atoms with Crippen LogP contribution in [0, 0.1) is 5.92 Å². The lowest BCUT2D eigenvalue weighted by Gasteiger charge is -2.30. The summed E-state index contributed by atoms with van der Waals surface area (Å²) in [7, 11) is 0.363. The molecule has 0 radical (unpaired) electrons. The van der Waals surface area contributed by atoms with Crippen molar-refractivity contribution < 1.29 is 32.5 Å². The Labute approximate surface area is 215 Å². The number of methoxy groups -OCH3 is 3. The molecule has 1 fully saturated rings. The number of hydrogen-bond acceptors (Lipinski definition) is 10. The highest BCUT2D eigenvalue weighted by molar-refractivity contribution is 7.93. The first-order valence-corrected chi connectivity index (χ1v) is 13.3. The Bertz CT molecular complexity index is 1300. The van der Waals surface area contributed by atoms with Crippen LogP contribution in [-0.2, 0) is 14.8 Å². The number of aliphatic hydroxyl groups excluding tert-OH is 1. The summed E-state index contributed by atoms with van der Waals surface area (Å²) < 4.78 is 52.6. The minimum atomic E-state index is -4.10. The van der Waals surface area contributed by atoms with Crippen molar-refractivity contribution in [2.24, 2.45) is 5.92 Å². The van der Waals surface area contributed by atoms with Gasteiger partial charge in [0.25, 0.3) is 0 Å². The van der Waals surface area contributed by atoms with Gasteiger partial charge in [0.15, 0.2) is 5.82 Å². The topological polar surface area (TPSA) is 147 Å². The molecule has 2 atom stereocenters. The van der Waals surface area contributed by atoms with E-state index in [0.717, 1.165) is 0 Å². The molecule has 0 aliphatic carbocycles. The first-order chi connectivity index (χ1) is 17.8. The number of rotatable bonds is 10. The van der Waals surface area contributed by atoms with E-state index >= 15 is 0 Å². The number of nitrogens with zero attached hydrogens (tertiary/aromatic N) is 4. The number of sulfonamides is 1. The molecule has 0 spiro atoms. The number of aliphatic hydroxyl groups is 1. The normalized spacial score (nSPS) is 16.1. The maximum absolute atomic E-state index is 13.4. The zero-order chi connectivity index (χ0) is 26.6. The van der Waals surface area contributed by atoms with E-state index < -0.39 is 21.4 Å². The third kappa shape index (κ3) is 5.48. The number of para-hydroxylation sites is 1. The van der Waals surface area contributed by atoms with Gasteiger partial charge in [-0.3, -0.25) is 9.29 Å². The molecule has 0 amide bonds. The molecular formula is C24H31N5O7S. The number of anilines is 1. The molecule has 1 aliphatic rings. The van der Waals surface area contributed by atoms with Crippen LogP contribution in [-0.4, -0.2) is 79.2 Å². The van der Waals surface area contributed by atoms with Gasteiger partial charge in [-0.2, -0.15) is 0 Å². The van der Waals surface area contributed by atoms with E-state index in [1.165, 1.54) is 32.8 Å². The molecule has 1 saturated heterocycles. The highest BCUT2D eigenvalue weighted by Gasteiger charge is 2.36. The van der Waals surface area contributed by atoms with Crippen LogP contribution in [0.1, 0.15) is 19.8 Å². The Morgan fingerprint density at radius 1 is 1.03 bits per heavy atom. The van der Waals surface area contributed by atoms with Gasteiger partial charge in [-0.15, -0.1) is 10.2 Å². The Hall–Kier alpha value is -3.42. The number of benzene rings is 1. The second-order valence-corrected chi connectivity index (χ2v) is 10.6.